The summed E-state index contributed by atoms with van der Waals surface area (Å²) in [6, 6.07) is 21.1. The van der Waals surface area contributed by atoms with Gasteiger partial charge in [-0.15, -0.1) is 0 Å². The topological polar surface area (TPSA) is 39.7 Å². The van der Waals surface area contributed by atoms with E-state index in [1.807, 2.05) is 30.3 Å². The van der Waals surface area contributed by atoms with Crippen LogP contribution in [0.2, 0.25) is 0 Å². The fraction of sp³-hybridized carbons (Fsp3) is 0.308. The SMILES string of the molecule is COc1ccc(-c2ccc3c(c2)C(C)(C)[C@H]2COc4cccc(OC)c4[C@H]2N3)cc1. The van der Waals surface area contributed by atoms with E-state index in [9.17, 15) is 0 Å². The van der Waals surface area contributed by atoms with Crippen molar-refractivity contribution in [1.82, 2.24) is 0 Å². The molecule has 0 unspecified atom stereocenters. The second-order valence-electron chi connectivity index (χ2n) is 8.62. The van der Waals surface area contributed by atoms with Crippen molar-refractivity contribution in [3.05, 3.63) is 71.8 Å². The minimum absolute atomic E-state index is 0.0632. The molecule has 2 aliphatic rings. The minimum Gasteiger partial charge on any atom is -0.497 e. The lowest BCUT2D eigenvalue weighted by Gasteiger charge is -2.48. The lowest BCUT2D eigenvalue weighted by atomic mass is 9.65. The maximum atomic E-state index is 6.19. The lowest BCUT2D eigenvalue weighted by Crippen LogP contribution is -2.46. The molecule has 3 aromatic rings. The fourth-order valence-electron chi connectivity index (χ4n) is 4.94. The number of methoxy groups -OCH3 is 2. The molecule has 2 atom stereocenters. The molecule has 0 aromatic heterocycles. The molecule has 30 heavy (non-hydrogen) atoms. The molecule has 154 valence electrons. The van der Waals surface area contributed by atoms with Gasteiger partial charge in [-0.25, -0.2) is 0 Å². The molecular formula is C26H27NO3. The summed E-state index contributed by atoms with van der Waals surface area (Å²) in [5, 5.41) is 3.80. The molecule has 2 aliphatic heterocycles. The Morgan fingerprint density at radius 3 is 2.43 bits per heavy atom. The van der Waals surface area contributed by atoms with Crippen molar-refractivity contribution in [2.45, 2.75) is 25.3 Å². The van der Waals surface area contributed by atoms with E-state index in [4.69, 9.17) is 14.2 Å². The third-order valence-corrected chi connectivity index (χ3v) is 6.75. The van der Waals surface area contributed by atoms with Crippen molar-refractivity contribution in [1.29, 1.82) is 0 Å². The van der Waals surface area contributed by atoms with Crippen LogP contribution < -0.4 is 19.5 Å². The Labute approximate surface area is 177 Å². The predicted molar refractivity (Wildman–Crippen MR) is 120 cm³/mol. The summed E-state index contributed by atoms with van der Waals surface area (Å²) in [5.41, 5.74) is 5.94. The van der Waals surface area contributed by atoms with Gasteiger partial charge in [0.1, 0.15) is 17.2 Å². The van der Waals surface area contributed by atoms with Crippen LogP contribution in [0.1, 0.15) is 31.0 Å². The number of hydrogen-bond acceptors (Lipinski definition) is 4. The van der Waals surface area contributed by atoms with Crippen LogP contribution >= 0.6 is 0 Å². The molecular weight excluding hydrogens is 374 g/mol. The number of anilines is 1. The highest BCUT2D eigenvalue weighted by atomic mass is 16.5. The Morgan fingerprint density at radius 1 is 0.933 bits per heavy atom. The van der Waals surface area contributed by atoms with Gasteiger partial charge in [0.25, 0.3) is 0 Å². The Bertz CT molecular complexity index is 1070. The molecule has 1 N–H and O–H groups in total. The smallest absolute Gasteiger partial charge is 0.128 e. The highest BCUT2D eigenvalue weighted by Gasteiger charge is 2.47. The van der Waals surface area contributed by atoms with E-state index in [0.717, 1.165) is 22.8 Å². The van der Waals surface area contributed by atoms with Gasteiger partial charge in [-0.2, -0.15) is 0 Å². The summed E-state index contributed by atoms with van der Waals surface area (Å²) in [6.45, 7) is 5.33. The molecule has 0 radical (unpaired) electrons. The summed E-state index contributed by atoms with van der Waals surface area (Å²) in [4.78, 5) is 0. The number of rotatable bonds is 3. The predicted octanol–water partition coefficient (Wildman–Crippen LogP) is 5.82. The minimum atomic E-state index is -0.0632. The van der Waals surface area contributed by atoms with Gasteiger partial charge < -0.3 is 19.5 Å². The first-order chi connectivity index (χ1) is 14.5. The Balaban J connectivity index is 1.58. The summed E-state index contributed by atoms with van der Waals surface area (Å²) in [5.74, 6) is 2.95. The molecule has 3 aromatic carbocycles. The van der Waals surface area contributed by atoms with E-state index in [1.165, 1.54) is 22.4 Å². The molecule has 0 amide bonds. The van der Waals surface area contributed by atoms with Crippen LogP contribution in [-0.2, 0) is 5.41 Å². The standard InChI is InChI=1S/C26H27NO3/c1-26(2)19-14-17(16-8-11-18(28-3)12-9-16)10-13-21(19)27-25-20(26)15-30-23-7-5-6-22(29-4)24(23)25/h5-14,20,25,27H,15H2,1-4H3/t20-,25-/m0/s1. The Morgan fingerprint density at radius 2 is 1.70 bits per heavy atom. The molecule has 0 aliphatic carbocycles. The van der Waals surface area contributed by atoms with E-state index in [1.54, 1.807) is 14.2 Å². The molecule has 4 heteroatoms. The number of hydrogen-bond donors (Lipinski definition) is 1. The maximum absolute atomic E-state index is 6.19. The van der Waals surface area contributed by atoms with E-state index >= 15 is 0 Å². The average molecular weight is 402 g/mol. The Kier molecular flexibility index (Phi) is 4.39. The molecule has 2 heterocycles. The van der Waals surface area contributed by atoms with Gasteiger partial charge in [0.05, 0.1) is 32.4 Å². The second-order valence-corrected chi connectivity index (χ2v) is 8.62. The van der Waals surface area contributed by atoms with E-state index in [-0.39, 0.29) is 11.5 Å². The lowest BCUT2D eigenvalue weighted by molar-refractivity contribution is 0.133. The molecule has 0 spiro atoms. The zero-order valence-electron chi connectivity index (χ0n) is 17.9. The van der Waals surface area contributed by atoms with Crippen LogP contribution in [0.5, 0.6) is 17.2 Å². The number of ether oxygens (including phenoxy) is 3. The van der Waals surface area contributed by atoms with Crippen LogP contribution in [-0.4, -0.2) is 20.8 Å². The number of nitrogens with one attached hydrogen (secondary N) is 1. The van der Waals surface area contributed by atoms with Crippen molar-refractivity contribution in [3.63, 3.8) is 0 Å². The second kappa shape index (κ2) is 6.98. The van der Waals surface area contributed by atoms with Crippen molar-refractivity contribution in [2.24, 2.45) is 5.92 Å². The van der Waals surface area contributed by atoms with Crippen LogP contribution in [0.3, 0.4) is 0 Å². The Hall–Kier alpha value is -3.14. The van der Waals surface area contributed by atoms with Crippen molar-refractivity contribution in [3.8, 4) is 28.4 Å². The number of benzene rings is 3. The van der Waals surface area contributed by atoms with Gasteiger partial charge in [-0.05, 0) is 53.1 Å². The van der Waals surface area contributed by atoms with Crippen molar-refractivity contribution < 1.29 is 14.2 Å². The number of fused-ring (bicyclic) bond motifs is 4. The van der Waals surface area contributed by atoms with Gasteiger partial charge in [-0.1, -0.05) is 38.1 Å². The maximum Gasteiger partial charge on any atom is 0.128 e. The van der Waals surface area contributed by atoms with Gasteiger partial charge in [0, 0.05) is 17.0 Å². The molecule has 5 rings (SSSR count). The first kappa shape index (κ1) is 18.9. The van der Waals surface area contributed by atoms with E-state index in [0.29, 0.717) is 12.5 Å². The summed E-state index contributed by atoms with van der Waals surface area (Å²) >= 11 is 0. The summed E-state index contributed by atoms with van der Waals surface area (Å²) in [7, 11) is 3.42. The van der Waals surface area contributed by atoms with Crippen LogP contribution in [0, 0.1) is 5.92 Å². The highest BCUT2D eigenvalue weighted by molar-refractivity contribution is 5.72. The van der Waals surface area contributed by atoms with Gasteiger partial charge in [-0.3, -0.25) is 0 Å². The zero-order valence-corrected chi connectivity index (χ0v) is 17.9. The van der Waals surface area contributed by atoms with E-state index in [2.05, 4.69) is 49.5 Å². The normalized spacial score (nSPS) is 20.7. The average Bonchev–Trinajstić information content (AvgIpc) is 2.78. The molecule has 0 fully saturated rings. The monoisotopic (exact) mass is 401 g/mol. The van der Waals surface area contributed by atoms with Crippen molar-refractivity contribution in [2.75, 3.05) is 26.1 Å². The first-order valence-electron chi connectivity index (χ1n) is 10.4. The van der Waals surface area contributed by atoms with Gasteiger partial charge >= 0.3 is 0 Å². The first-order valence-corrected chi connectivity index (χ1v) is 10.4. The summed E-state index contributed by atoms with van der Waals surface area (Å²) < 4.78 is 17.2. The third-order valence-electron chi connectivity index (χ3n) is 6.75. The molecule has 0 bridgehead atoms. The van der Waals surface area contributed by atoms with Crippen molar-refractivity contribution >= 4 is 5.69 Å². The largest absolute Gasteiger partial charge is 0.497 e. The zero-order chi connectivity index (χ0) is 20.9. The molecule has 0 saturated carbocycles. The summed E-state index contributed by atoms with van der Waals surface area (Å²) in [6.07, 6.45) is 0. The quantitative estimate of drug-likeness (QED) is 0.600. The third kappa shape index (κ3) is 2.82. The van der Waals surface area contributed by atoms with Crippen LogP contribution in [0.25, 0.3) is 11.1 Å². The van der Waals surface area contributed by atoms with Crippen LogP contribution in [0.4, 0.5) is 5.69 Å². The fourth-order valence-corrected chi connectivity index (χ4v) is 4.94. The van der Waals surface area contributed by atoms with Gasteiger partial charge in [0.2, 0.25) is 0 Å². The van der Waals surface area contributed by atoms with Crippen LogP contribution in [0.15, 0.2) is 60.7 Å². The van der Waals surface area contributed by atoms with Gasteiger partial charge in [0.15, 0.2) is 0 Å². The molecule has 0 saturated heterocycles. The highest BCUT2D eigenvalue weighted by Crippen LogP contribution is 2.54. The molecule has 4 nitrogen and oxygen atoms in total. The van der Waals surface area contributed by atoms with E-state index < -0.39 is 0 Å².